The number of anilines is 2. The monoisotopic (exact) mass is 406 g/mol. The normalized spacial score (nSPS) is 11.9. The number of benzene rings is 2. The Bertz CT molecular complexity index is 960. The quantitative estimate of drug-likeness (QED) is 0.795. The van der Waals surface area contributed by atoms with Crippen LogP contribution in [0.1, 0.15) is 21.5 Å². The molecule has 2 aromatic rings. The first-order valence-electron chi connectivity index (χ1n) is 7.13. The van der Waals surface area contributed by atoms with Crippen LogP contribution in [-0.2, 0) is 16.2 Å². The Hall–Kier alpha value is -2.26. The van der Waals surface area contributed by atoms with Crippen LogP contribution in [0.4, 0.5) is 24.5 Å². The molecule has 0 aromatic heterocycles. The average Bonchev–Trinajstić information content (AvgIpc) is 2.48. The Labute approximate surface area is 153 Å². The minimum atomic E-state index is -4.68. The van der Waals surface area contributed by atoms with Gasteiger partial charge in [-0.1, -0.05) is 23.2 Å². The predicted molar refractivity (Wildman–Crippen MR) is 94.1 cm³/mol. The van der Waals surface area contributed by atoms with Gasteiger partial charge in [0.25, 0.3) is 5.91 Å². The van der Waals surface area contributed by atoms with Gasteiger partial charge < -0.3 is 5.32 Å². The highest BCUT2D eigenvalue weighted by Crippen LogP contribution is 2.36. The van der Waals surface area contributed by atoms with Crippen molar-refractivity contribution < 1.29 is 26.4 Å². The largest absolute Gasteiger partial charge is 0.417 e. The third-order valence-corrected chi connectivity index (χ3v) is 4.16. The van der Waals surface area contributed by atoms with Gasteiger partial charge in [-0.25, -0.2) is 8.42 Å². The summed E-state index contributed by atoms with van der Waals surface area (Å²) in [5, 5.41) is 1.82. The number of aryl methyl sites for hydroxylation is 1. The van der Waals surface area contributed by atoms with Gasteiger partial charge >= 0.3 is 6.18 Å². The van der Waals surface area contributed by atoms with Crippen molar-refractivity contribution in [3.05, 3.63) is 58.1 Å². The molecule has 0 fully saturated rings. The lowest BCUT2D eigenvalue weighted by molar-refractivity contribution is -0.137. The Morgan fingerprint density at radius 1 is 1.12 bits per heavy atom. The van der Waals surface area contributed by atoms with E-state index in [-0.39, 0.29) is 16.9 Å². The van der Waals surface area contributed by atoms with Crippen LogP contribution in [0.3, 0.4) is 0 Å². The van der Waals surface area contributed by atoms with E-state index in [0.717, 1.165) is 12.3 Å². The molecule has 2 N–H and O–H groups in total. The summed E-state index contributed by atoms with van der Waals surface area (Å²) in [7, 11) is -3.65. The summed E-state index contributed by atoms with van der Waals surface area (Å²) in [6.07, 6.45) is -3.76. The second-order valence-electron chi connectivity index (χ2n) is 5.57. The van der Waals surface area contributed by atoms with Crippen LogP contribution >= 0.6 is 11.6 Å². The Kier molecular flexibility index (Phi) is 5.52. The number of halogens is 4. The molecule has 0 heterocycles. The number of carbonyl (C=O) groups excluding carboxylic acids is 1. The molecule has 10 heteroatoms. The van der Waals surface area contributed by atoms with Gasteiger partial charge in [0.1, 0.15) is 0 Å². The molecule has 1 amide bonds. The minimum Gasteiger partial charge on any atom is -0.322 e. The fraction of sp³-hybridized carbons (Fsp3) is 0.188. The zero-order valence-electron chi connectivity index (χ0n) is 13.6. The summed E-state index contributed by atoms with van der Waals surface area (Å²) < 4.78 is 63.8. The first-order valence-corrected chi connectivity index (χ1v) is 9.40. The van der Waals surface area contributed by atoms with Crippen LogP contribution in [0.25, 0.3) is 0 Å². The molecular formula is C16H14ClF3N2O3S. The smallest absolute Gasteiger partial charge is 0.322 e. The van der Waals surface area contributed by atoms with E-state index in [9.17, 15) is 26.4 Å². The Balaban J connectivity index is 2.38. The molecular weight excluding hydrogens is 393 g/mol. The molecule has 0 spiro atoms. The zero-order valence-corrected chi connectivity index (χ0v) is 15.2. The van der Waals surface area contributed by atoms with Crippen LogP contribution < -0.4 is 10.0 Å². The maximum atomic E-state index is 12.9. The maximum absolute atomic E-state index is 12.9. The van der Waals surface area contributed by atoms with Crippen LogP contribution in [-0.4, -0.2) is 20.6 Å². The molecule has 26 heavy (non-hydrogen) atoms. The molecule has 0 unspecified atom stereocenters. The van der Waals surface area contributed by atoms with Crippen LogP contribution in [0.15, 0.2) is 36.4 Å². The molecule has 0 atom stereocenters. The first-order chi connectivity index (χ1) is 11.9. The van der Waals surface area contributed by atoms with Crippen molar-refractivity contribution in [1.82, 2.24) is 0 Å². The van der Waals surface area contributed by atoms with Gasteiger partial charge in [-0.15, -0.1) is 0 Å². The third kappa shape index (κ3) is 5.12. The van der Waals surface area contributed by atoms with Crippen molar-refractivity contribution in [1.29, 1.82) is 0 Å². The molecule has 0 aliphatic heterocycles. The molecule has 0 saturated carbocycles. The van der Waals surface area contributed by atoms with Crippen molar-refractivity contribution in [3.63, 3.8) is 0 Å². The van der Waals surface area contributed by atoms with E-state index < -0.39 is 32.7 Å². The molecule has 0 saturated heterocycles. The number of alkyl halides is 3. The van der Waals surface area contributed by atoms with Crippen LogP contribution in [0.2, 0.25) is 5.02 Å². The number of nitrogens with one attached hydrogen (secondary N) is 2. The lowest BCUT2D eigenvalue weighted by Crippen LogP contribution is -2.18. The van der Waals surface area contributed by atoms with Crippen LogP contribution in [0.5, 0.6) is 0 Å². The van der Waals surface area contributed by atoms with Gasteiger partial charge in [0, 0.05) is 5.69 Å². The zero-order chi connectivity index (χ0) is 19.7. The minimum absolute atomic E-state index is 0.0145. The number of rotatable bonds is 4. The van der Waals surface area contributed by atoms with E-state index in [1.54, 1.807) is 13.0 Å². The Morgan fingerprint density at radius 2 is 1.77 bits per heavy atom. The van der Waals surface area contributed by atoms with Crippen molar-refractivity contribution in [2.24, 2.45) is 0 Å². The predicted octanol–water partition coefficient (Wildman–Crippen LogP) is 4.29. The van der Waals surface area contributed by atoms with Crippen molar-refractivity contribution in [3.8, 4) is 0 Å². The molecule has 140 valence electrons. The lowest BCUT2D eigenvalue weighted by atomic mass is 10.1. The molecule has 0 radical (unpaired) electrons. The fourth-order valence-electron chi connectivity index (χ4n) is 2.15. The van der Waals surface area contributed by atoms with E-state index in [1.165, 1.54) is 18.2 Å². The molecule has 2 rings (SSSR count). The summed E-state index contributed by atoms with van der Waals surface area (Å²) >= 11 is 5.54. The number of sulfonamides is 1. The van der Waals surface area contributed by atoms with Crippen molar-refractivity contribution in [2.75, 3.05) is 16.3 Å². The van der Waals surface area contributed by atoms with E-state index >= 15 is 0 Å². The lowest BCUT2D eigenvalue weighted by Gasteiger charge is -2.14. The SMILES string of the molecule is Cc1ccc(NS(C)(=O)=O)c(C(=O)Nc2ccc(Cl)c(C(F)(F)F)c2)c1. The fourth-order valence-corrected chi connectivity index (χ4v) is 2.96. The number of carbonyl (C=O) groups is 1. The van der Waals surface area contributed by atoms with Crippen molar-refractivity contribution in [2.45, 2.75) is 13.1 Å². The van der Waals surface area contributed by atoms with Gasteiger partial charge in [-0.2, -0.15) is 13.2 Å². The maximum Gasteiger partial charge on any atom is 0.417 e. The number of hydrogen-bond acceptors (Lipinski definition) is 3. The van der Waals surface area contributed by atoms with Gasteiger partial charge in [-0.3, -0.25) is 9.52 Å². The summed E-state index contributed by atoms with van der Waals surface area (Å²) in [5.41, 5.74) is -0.560. The first kappa shape index (κ1) is 20.1. The summed E-state index contributed by atoms with van der Waals surface area (Å²) in [4.78, 5) is 12.5. The van der Waals surface area contributed by atoms with E-state index in [2.05, 4.69) is 10.0 Å². The number of amides is 1. The van der Waals surface area contributed by atoms with Gasteiger partial charge in [0.2, 0.25) is 10.0 Å². The van der Waals surface area contributed by atoms with Crippen LogP contribution in [0, 0.1) is 6.92 Å². The number of hydrogen-bond donors (Lipinski definition) is 2. The van der Waals surface area contributed by atoms with E-state index in [4.69, 9.17) is 11.6 Å². The molecule has 0 aliphatic rings. The topological polar surface area (TPSA) is 75.3 Å². The van der Waals surface area contributed by atoms with Gasteiger partial charge in [0.05, 0.1) is 28.1 Å². The molecule has 5 nitrogen and oxygen atoms in total. The highest BCUT2D eigenvalue weighted by atomic mass is 35.5. The standard InChI is InChI=1S/C16H14ClF3N2O3S/c1-9-3-6-14(22-26(2,24)25)11(7-9)15(23)21-10-4-5-13(17)12(8-10)16(18,19)20/h3-8,22H,1-2H3,(H,21,23). The second-order valence-corrected chi connectivity index (χ2v) is 7.73. The molecule has 2 aromatic carbocycles. The van der Waals surface area contributed by atoms with Gasteiger partial charge in [0.15, 0.2) is 0 Å². The van der Waals surface area contributed by atoms with E-state index in [0.29, 0.717) is 11.6 Å². The third-order valence-electron chi connectivity index (χ3n) is 3.24. The second kappa shape index (κ2) is 7.16. The highest BCUT2D eigenvalue weighted by molar-refractivity contribution is 7.92. The molecule has 0 aliphatic carbocycles. The van der Waals surface area contributed by atoms with E-state index in [1.807, 2.05) is 0 Å². The summed E-state index contributed by atoms with van der Waals surface area (Å²) in [6.45, 7) is 1.69. The molecule has 0 bridgehead atoms. The van der Waals surface area contributed by atoms with Crippen molar-refractivity contribution >= 4 is 38.9 Å². The average molecular weight is 407 g/mol. The summed E-state index contributed by atoms with van der Waals surface area (Å²) in [6, 6.07) is 7.35. The Morgan fingerprint density at radius 3 is 2.35 bits per heavy atom. The highest BCUT2D eigenvalue weighted by Gasteiger charge is 2.33. The summed E-state index contributed by atoms with van der Waals surface area (Å²) in [5.74, 6) is -0.768. The van der Waals surface area contributed by atoms with Gasteiger partial charge in [-0.05, 0) is 37.3 Å².